The van der Waals surface area contributed by atoms with Gasteiger partial charge in [0.2, 0.25) is 5.91 Å². The number of carbonyl (C=O) groups is 1. The third-order valence-electron chi connectivity index (χ3n) is 3.86. The topological polar surface area (TPSA) is 33.2 Å². The number of nitrogens with zero attached hydrogens (tertiary/aromatic N) is 2. The van der Waals surface area contributed by atoms with E-state index >= 15 is 0 Å². The van der Waals surface area contributed by atoms with Crippen LogP contribution in [-0.2, 0) is 17.8 Å². The van der Waals surface area contributed by atoms with Crippen LogP contribution >= 0.6 is 11.3 Å². The molecule has 0 saturated heterocycles. The number of amides is 1. The number of carbonyl (C=O) groups excluding carboxylic acids is 1. The van der Waals surface area contributed by atoms with Crippen molar-refractivity contribution in [3.8, 4) is 10.6 Å². The summed E-state index contributed by atoms with van der Waals surface area (Å²) in [5.74, 6) is 0.117. The minimum atomic E-state index is 0.117. The Morgan fingerprint density at radius 1 is 1.04 bits per heavy atom. The van der Waals surface area contributed by atoms with Crippen LogP contribution in [0.3, 0.4) is 0 Å². The van der Waals surface area contributed by atoms with E-state index in [1.54, 1.807) is 11.3 Å². The van der Waals surface area contributed by atoms with Gasteiger partial charge in [-0.3, -0.25) is 4.79 Å². The molecule has 0 fully saturated rings. The molecule has 0 aliphatic rings. The minimum absolute atomic E-state index is 0.117. The summed E-state index contributed by atoms with van der Waals surface area (Å²) in [6, 6.07) is 20.2. The number of benzene rings is 2. The van der Waals surface area contributed by atoms with E-state index in [0.717, 1.165) is 21.8 Å². The van der Waals surface area contributed by atoms with Gasteiger partial charge in [-0.25, -0.2) is 4.98 Å². The molecule has 0 unspecified atom stereocenters. The Balaban J connectivity index is 1.66. The Bertz CT molecular complexity index is 784. The molecule has 0 saturated carbocycles. The summed E-state index contributed by atoms with van der Waals surface area (Å²) in [6.07, 6.45) is 0.351. The molecule has 1 aromatic heterocycles. The fourth-order valence-corrected chi connectivity index (χ4v) is 3.37. The van der Waals surface area contributed by atoms with Crippen molar-refractivity contribution in [2.45, 2.75) is 19.9 Å². The van der Waals surface area contributed by atoms with Gasteiger partial charge in [0.05, 0.1) is 12.1 Å². The highest BCUT2D eigenvalue weighted by atomic mass is 32.1. The van der Waals surface area contributed by atoms with Crippen LogP contribution in [-0.4, -0.2) is 22.3 Å². The first-order chi connectivity index (χ1) is 11.8. The molecule has 0 aliphatic carbocycles. The van der Waals surface area contributed by atoms with E-state index in [4.69, 9.17) is 0 Å². The fourth-order valence-electron chi connectivity index (χ4n) is 2.55. The standard InChI is InChI=1S/C20H20N2OS/c1-2-22(14-16-9-5-3-6-10-16)19(23)13-18-15-24-20(21-18)17-11-7-4-8-12-17/h3-12,15H,2,13-14H2,1H3. The minimum Gasteiger partial charge on any atom is -0.338 e. The fraction of sp³-hybridized carbons (Fsp3) is 0.200. The van der Waals surface area contributed by atoms with Crippen molar-refractivity contribution in [2.24, 2.45) is 0 Å². The van der Waals surface area contributed by atoms with Gasteiger partial charge in [-0.15, -0.1) is 11.3 Å². The van der Waals surface area contributed by atoms with Crippen LogP contribution < -0.4 is 0 Å². The van der Waals surface area contributed by atoms with Gasteiger partial charge in [-0.05, 0) is 12.5 Å². The van der Waals surface area contributed by atoms with Gasteiger partial charge in [-0.1, -0.05) is 60.7 Å². The van der Waals surface area contributed by atoms with Crippen molar-refractivity contribution in [2.75, 3.05) is 6.54 Å². The largest absolute Gasteiger partial charge is 0.338 e. The lowest BCUT2D eigenvalue weighted by molar-refractivity contribution is -0.130. The predicted molar refractivity (Wildman–Crippen MR) is 98.8 cm³/mol. The first-order valence-electron chi connectivity index (χ1n) is 8.08. The lowest BCUT2D eigenvalue weighted by Crippen LogP contribution is -2.31. The van der Waals surface area contributed by atoms with Gasteiger partial charge in [-0.2, -0.15) is 0 Å². The summed E-state index contributed by atoms with van der Waals surface area (Å²) in [5.41, 5.74) is 3.09. The van der Waals surface area contributed by atoms with Crippen LogP contribution in [0.1, 0.15) is 18.2 Å². The van der Waals surface area contributed by atoms with Gasteiger partial charge in [0.25, 0.3) is 0 Å². The van der Waals surface area contributed by atoms with Gasteiger partial charge in [0.1, 0.15) is 5.01 Å². The molecule has 24 heavy (non-hydrogen) atoms. The molecule has 4 heteroatoms. The highest BCUT2D eigenvalue weighted by Crippen LogP contribution is 2.23. The van der Waals surface area contributed by atoms with Crippen molar-refractivity contribution < 1.29 is 4.79 Å². The molecular weight excluding hydrogens is 316 g/mol. The van der Waals surface area contributed by atoms with Gasteiger partial charge in [0, 0.05) is 24.0 Å². The average Bonchev–Trinajstić information content (AvgIpc) is 3.09. The summed E-state index contributed by atoms with van der Waals surface area (Å²) < 4.78 is 0. The van der Waals surface area contributed by atoms with Crippen LogP contribution in [0.15, 0.2) is 66.0 Å². The Labute approximate surface area is 146 Å². The second kappa shape index (κ2) is 7.88. The first kappa shape index (κ1) is 16.4. The zero-order chi connectivity index (χ0) is 16.8. The van der Waals surface area contributed by atoms with Crippen molar-refractivity contribution >= 4 is 17.2 Å². The van der Waals surface area contributed by atoms with Crippen LogP contribution in [0.4, 0.5) is 0 Å². The molecule has 0 atom stereocenters. The molecule has 0 aliphatic heterocycles. The molecule has 3 nitrogen and oxygen atoms in total. The van der Waals surface area contributed by atoms with Gasteiger partial charge < -0.3 is 4.90 Å². The lowest BCUT2D eigenvalue weighted by atomic mass is 10.2. The molecule has 1 heterocycles. The maximum absolute atomic E-state index is 12.6. The first-order valence-corrected chi connectivity index (χ1v) is 8.95. The third-order valence-corrected chi connectivity index (χ3v) is 4.80. The molecule has 0 radical (unpaired) electrons. The molecule has 0 N–H and O–H groups in total. The molecule has 1 amide bonds. The molecule has 2 aromatic carbocycles. The average molecular weight is 336 g/mol. The van der Waals surface area contributed by atoms with Gasteiger partial charge >= 0.3 is 0 Å². The van der Waals surface area contributed by atoms with Crippen LogP contribution in [0.2, 0.25) is 0 Å². The zero-order valence-corrected chi connectivity index (χ0v) is 14.5. The van der Waals surface area contributed by atoms with E-state index in [0.29, 0.717) is 19.5 Å². The van der Waals surface area contributed by atoms with Crippen molar-refractivity contribution in [3.63, 3.8) is 0 Å². The Hall–Kier alpha value is -2.46. The summed E-state index contributed by atoms with van der Waals surface area (Å²) >= 11 is 1.59. The van der Waals surface area contributed by atoms with E-state index in [-0.39, 0.29) is 5.91 Å². The van der Waals surface area contributed by atoms with Crippen molar-refractivity contribution in [1.82, 2.24) is 9.88 Å². The maximum Gasteiger partial charge on any atom is 0.228 e. The van der Waals surface area contributed by atoms with Gasteiger partial charge in [0.15, 0.2) is 0 Å². The summed E-state index contributed by atoms with van der Waals surface area (Å²) in [7, 11) is 0. The summed E-state index contributed by atoms with van der Waals surface area (Å²) in [4.78, 5) is 19.1. The van der Waals surface area contributed by atoms with E-state index in [2.05, 4.69) is 4.98 Å². The Kier molecular flexibility index (Phi) is 5.39. The van der Waals surface area contributed by atoms with E-state index < -0.39 is 0 Å². The number of thiazole rings is 1. The molecule has 3 aromatic rings. The lowest BCUT2D eigenvalue weighted by Gasteiger charge is -2.20. The van der Waals surface area contributed by atoms with Crippen LogP contribution in [0.25, 0.3) is 10.6 Å². The third kappa shape index (κ3) is 4.09. The predicted octanol–water partition coefficient (Wildman–Crippen LogP) is 4.40. The Morgan fingerprint density at radius 3 is 2.38 bits per heavy atom. The zero-order valence-electron chi connectivity index (χ0n) is 13.7. The SMILES string of the molecule is CCN(Cc1ccccc1)C(=O)Cc1csc(-c2ccccc2)n1. The summed E-state index contributed by atoms with van der Waals surface area (Å²) in [6.45, 7) is 3.35. The smallest absolute Gasteiger partial charge is 0.228 e. The van der Waals surface area contributed by atoms with Crippen LogP contribution in [0.5, 0.6) is 0 Å². The quantitative estimate of drug-likeness (QED) is 0.668. The molecule has 3 rings (SSSR count). The molecule has 122 valence electrons. The van der Waals surface area contributed by atoms with Crippen molar-refractivity contribution in [3.05, 3.63) is 77.3 Å². The number of hydrogen-bond acceptors (Lipinski definition) is 3. The molecule has 0 bridgehead atoms. The monoisotopic (exact) mass is 336 g/mol. The molecule has 0 spiro atoms. The number of hydrogen-bond donors (Lipinski definition) is 0. The highest BCUT2D eigenvalue weighted by molar-refractivity contribution is 7.13. The second-order valence-corrected chi connectivity index (χ2v) is 6.44. The number of rotatable bonds is 6. The highest BCUT2D eigenvalue weighted by Gasteiger charge is 2.15. The maximum atomic E-state index is 12.6. The summed E-state index contributed by atoms with van der Waals surface area (Å²) in [5, 5.41) is 2.95. The molecular formula is C20H20N2OS. The number of aromatic nitrogens is 1. The van der Waals surface area contributed by atoms with Crippen LogP contribution in [0, 0.1) is 0 Å². The normalized spacial score (nSPS) is 10.5. The second-order valence-electron chi connectivity index (χ2n) is 5.58. The van der Waals surface area contributed by atoms with E-state index in [1.807, 2.05) is 77.9 Å². The number of likely N-dealkylation sites (N-methyl/N-ethyl adjacent to an activating group) is 1. The van der Waals surface area contributed by atoms with E-state index in [1.165, 1.54) is 0 Å². The Morgan fingerprint density at radius 2 is 1.71 bits per heavy atom. The van der Waals surface area contributed by atoms with Crippen molar-refractivity contribution in [1.29, 1.82) is 0 Å². The van der Waals surface area contributed by atoms with E-state index in [9.17, 15) is 4.79 Å².